The second kappa shape index (κ2) is 6.75. The van der Waals surface area contributed by atoms with E-state index in [0.717, 1.165) is 13.0 Å². The van der Waals surface area contributed by atoms with Crippen LogP contribution in [0.15, 0.2) is 30.3 Å². The van der Waals surface area contributed by atoms with Crippen molar-refractivity contribution in [1.82, 2.24) is 0 Å². The van der Waals surface area contributed by atoms with Gasteiger partial charge in [-0.1, -0.05) is 50.3 Å². The van der Waals surface area contributed by atoms with E-state index in [-0.39, 0.29) is 5.60 Å². The average Bonchev–Trinajstić information content (AvgIpc) is 2.27. The summed E-state index contributed by atoms with van der Waals surface area (Å²) in [5.41, 5.74) is 2.63. The van der Waals surface area contributed by atoms with Gasteiger partial charge in [0, 0.05) is 0 Å². The minimum atomic E-state index is -0.0363. The second-order valence-corrected chi connectivity index (χ2v) is 5.98. The van der Waals surface area contributed by atoms with Gasteiger partial charge in [0.05, 0.1) is 12.2 Å². The summed E-state index contributed by atoms with van der Waals surface area (Å²) in [6.07, 6.45) is 5.33. The fourth-order valence-electron chi connectivity index (χ4n) is 1.67. The fraction of sp³-hybridized carbons (Fsp3) is 0.529. The quantitative estimate of drug-likeness (QED) is 0.662. The minimum Gasteiger partial charge on any atom is -0.376 e. The molecular weight excluding hydrogens is 220 g/mol. The lowest BCUT2D eigenvalue weighted by atomic mass is 10.0. The Hall–Kier alpha value is -1.08. The molecule has 0 fully saturated rings. The van der Waals surface area contributed by atoms with E-state index >= 15 is 0 Å². The Morgan fingerprint density at radius 3 is 2.56 bits per heavy atom. The molecule has 1 nitrogen and oxygen atoms in total. The van der Waals surface area contributed by atoms with E-state index in [0.29, 0.717) is 5.92 Å². The van der Waals surface area contributed by atoms with E-state index in [1.165, 1.54) is 11.1 Å². The number of hydrogen-bond acceptors (Lipinski definition) is 1. The highest BCUT2D eigenvalue weighted by molar-refractivity contribution is 5.50. The van der Waals surface area contributed by atoms with E-state index in [1.54, 1.807) is 0 Å². The first-order valence-corrected chi connectivity index (χ1v) is 6.79. The molecule has 1 aromatic carbocycles. The molecule has 0 spiro atoms. The first kappa shape index (κ1) is 15.0. The Bertz CT molecular complexity index is 383. The molecule has 0 atom stereocenters. The van der Waals surface area contributed by atoms with Gasteiger partial charge in [-0.15, -0.1) is 0 Å². The standard InChI is InChI=1S/C17H26O/c1-14(2)16-11-8-10-15(13-16)9-6-7-12-18-17(3,4)5/h6,8-11,13-14H,7,12H2,1-5H3/b9-6+. The van der Waals surface area contributed by atoms with Gasteiger partial charge in [0.1, 0.15) is 0 Å². The van der Waals surface area contributed by atoms with Crippen LogP contribution in [0.25, 0.3) is 6.08 Å². The molecule has 0 saturated heterocycles. The molecule has 1 rings (SSSR count). The molecule has 100 valence electrons. The topological polar surface area (TPSA) is 9.23 Å². The number of rotatable bonds is 5. The lowest BCUT2D eigenvalue weighted by molar-refractivity contribution is -0.0000505. The Morgan fingerprint density at radius 2 is 1.94 bits per heavy atom. The molecule has 1 aromatic rings. The fourth-order valence-corrected chi connectivity index (χ4v) is 1.67. The lowest BCUT2D eigenvalue weighted by Crippen LogP contribution is -2.19. The van der Waals surface area contributed by atoms with Gasteiger partial charge in [-0.25, -0.2) is 0 Å². The van der Waals surface area contributed by atoms with Crippen molar-refractivity contribution in [3.05, 3.63) is 41.5 Å². The Balaban J connectivity index is 2.45. The number of benzene rings is 1. The summed E-state index contributed by atoms with van der Waals surface area (Å²) >= 11 is 0. The molecular formula is C17H26O. The zero-order chi connectivity index (χ0) is 13.6. The molecule has 1 heteroatoms. The third-order valence-corrected chi connectivity index (χ3v) is 2.71. The van der Waals surface area contributed by atoms with Crippen molar-refractivity contribution < 1.29 is 4.74 Å². The molecule has 0 N–H and O–H groups in total. The van der Waals surface area contributed by atoms with Gasteiger partial charge in [-0.2, -0.15) is 0 Å². The summed E-state index contributed by atoms with van der Waals surface area (Å²) in [4.78, 5) is 0. The van der Waals surface area contributed by atoms with Crippen LogP contribution in [0.3, 0.4) is 0 Å². The highest BCUT2D eigenvalue weighted by atomic mass is 16.5. The molecule has 0 heterocycles. The van der Waals surface area contributed by atoms with Crippen LogP contribution in [0.1, 0.15) is 58.1 Å². The summed E-state index contributed by atoms with van der Waals surface area (Å²) in [6, 6.07) is 8.71. The van der Waals surface area contributed by atoms with Crippen LogP contribution < -0.4 is 0 Å². The highest BCUT2D eigenvalue weighted by Crippen LogP contribution is 2.16. The maximum Gasteiger partial charge on any atom is 0.0598 e. The SMILES string of the molecule is CC(C)c1cccc(/C=C/CCOC(C)(C)C)c1. The highest BCUT2D eigenvalue weighted by Gasteiger charge is 2.08. The summed E-state index contributed by atoms with van der Waals surface area (Å²) in [7, 11) is 0. The maximum absolute atomic E-state index is 5.68. The first-order chi connectivity index (χ1) is 8.38. The van der Waals surface area contributed by atoms with Gasteiger partial charge in [0.25, 0.3) is 0 Å². The van der Waals surface area contributed by atoms with Crippen molar-refractivity contribution in [3.8, 4) is 0 Å². The molecule has 0 aliphatic heterocycles. The predicted octanol–water partition coefficient (Wildman–Crippen LogP) is 5.03. The average molecular weight is 246 g/mol. The molecule has 0 bridgehead atoms. The third kappa shape index (κ3) is 6.02. The lowest BCUT2D eigenvalue weighted by Gasteiger charge is -2.18. The predicted molar refractivity (Wildman–Crippen MR) is 79.9 cm³/mol. The van der Waals surface area contributed by atoms with E-state index < -0.39 is 0 Å². The zero-order valence-electron chi connectivity index (χ0n) is 12.4. The molecule has 0 saturated carbocycles. The molecule has 0 aliphatic carbocycles. The van der Waals surface area contributed by atoms with Crippen LogP contribution in [0, 0.1) is 0 Å². The molecule has 0 unspecified atom stereocenters. The van der Waals surface area contributed by atoms with Crippen LogP contribution >= 0.6 is 0 Å². The Kier molecular flexibility index (Phi) is 5.61. The largest absolute Gasteiger partial charge is 0.376 e. The normalized spacial score (nSPS) is 12.6. The monoisotopic (exact) mass is 246 g/mol. The van der Waals surface area contributed by atoms with Crippen molar-refractivity contribution in [2.45, 2.75) is 52.6 Å². The number of hydrogen-bond donors (Lipinski definition) is 0. The summed E-state index contributed by atoms with van der Waals surface area (Å²) in [6.45, 7) is 11.5. The number of ether oxygens (including phenoxy) is 1. The summed E-state index contributed by atoms with van der Waals surface area (Å²) < 4.78 is 5.68. The van der Waals surface area contributed by atoms with Gasteiger partial charge in [0.2, 0.25) is 0 Å². The van der Waals surface area contributed by atoms with Crippen LogP contribution in [-0.4, -0.2) is 12.2 Å². The third-order valence-electron chi connectivity index (χ3n) is 2.71. The smallest absolute Gasteiger partial charge is 0.0598 e. The van der Waals surface area contributed by atoms with Gasteiger partial charge >= 0.3 is 0 Å². The molecule has 18 heavy (non-hydrogen) atoms. The van der Waals surface area contributed by atoms with E-state index in [9.17, 15) is 0 Å². The van der Waals surface area contributed by atoms with Crippen LogP contribution in [0.4, 0.5) is 0 Å². The van der Waals surface area contributed by atoms with E-state index in [2.05, 4.69) is 71.0 Å². The van der Waals surface area contributed by atoms with Crippen molar-refractivity contribution in [2.75, 3.05) is 6.61 Å². The molecule has 0 aromatic heterocycles. The van der Waals surface area contributed by atoms with Crippen LogP contribution in [0.5, 0.6) is 0 Å². The van der Waals surface area contributed by atoms with Gasteiger partial charge in [0.15, 0.2) is 0 Å². The Morgan fingerprint density at radius 1 is 1.22 bits per heavy atom. The van der Waals surface area contributed by atoms with E-state index in [1.807, 2.05) is 0 Å². The van der Waals surface area contributed by atoms with Gasteiger partial charge < -0.3 is 4.74 Å². The van der Waals surface area contributed by atoms with E-state index in [4.69, 9.17) is 4.74 Å². The zero-order valence-corrected chi connectivity index (χ0v) is 12.4. The van der Waals surface area contributed by atoms with Crippen molar-refractivity contribution in [1.29, 1.82) is 0 Å². The summed E-state index contributed by atoms with van der Waals surface area (Å²) in [5.74, 6) is 0.586. The molecule has 0 amide bonds. The van der Waals surface area contributed by atoms with Crippen molar-refractivity contribution in [2.24, 2.45) is 0 Å². The Labute approximate surface area is 112 Å². The molecule has 0 aliphatic rings. The minimum absolute atomic E-state index is 0.0363. The van der Waals surface area contributed by atoms with Crippen molar-refractivity contribution >= 4 is 6.08 Å². The summed E-state index contributed by atoms with van der Waals surface area (Å²) in [5, 5.41) is 0. The van der Waals surface area contributed by atoms with Gasteiger partial charge in [-0.3, -0.25) is 0 Å². The second-order valence-electron chi connectivity index (χ2n) is 5.98. The molecule has 0 radical (unpaired) electrons. The van der Waals surface area contributed by atoms with Crippen LogP contribution in [-0.2, 0) is 4.74 Å². The first-order valence-electron chi connectivity index (χ1n) is 6.79. The van der Waals surface area contributed by atoms with Gasteiger partial charge in [-0.05, 0) is 44.2 Å². The van der Waals surface area contributed by atoms with Crippen LogP contribution in [0.2, 0.25) is 0 Å². The van der Waals surface area contributed by atoms with Crippen molar-refractivity contribution in [3.63, 3.8) is 0 Å². The maximum atomic E-state index is 5.68.